The monoisotopic (exact) mass is 595 g/mol. The van der Waals surface area contributed by atoms with Crippen molar-refractivity contribution in [2.75, 3.05) is 18.1 Å². The van der Waals surface area contributed by atoms with Crippen molar-refractivity contribution in [3.8, 4) is 6.07 Å². The third-order valence-corrected chi connectivity index (χ3v) is 9.27. The largest absolute Gasteiger partial charge is 0.394 e. The molecule has 218 valence electrons. The molecule has 6 nitrogen and oxygen atoms in total. The van der Waals surface area contributed by atoms with E-state index in [1.54, 1.807) is 11.0 Å². The third-order valence-electron chi connectivity index (χ3n) is 8.74. The molecule has 1 fully saturated rings. The number of benzene rings is 2. The average Bonchev–Trinajstić information content (AvgIpc) is 3.27. The van der Waals surface area contributed by atoms with Crippen LogP contribution in [0.25, 0.3) is 0 Å². The number of nitrogens with one attached hydrogen (secondary N) is 1. The molecule has 3 rings (SSSR count). The molecule has 1 aliphatic heterocycles. The highest BCUT2D eigenvalue weighted by Crippen LogP contribution is 2.52. The summed E-state index contributed by atoms with van der Waals surface area (Å²) in [6.45, 7) is 5.76. The summed E-state index contributed by atoms with van der Waals surface area (Å²) in [6, 6.07) is 9.15. The van der Waals surface area contributed by atoms with Crippen LogP contribution in [0.1, 0.15) is 64.9 Å². The molecule has 0 saturated carbocycles. The van der Waals surface area contributed by atoms with Crippen LogP contribution in [0.5, 0.6) is 0 Å². The molecule has 0 spiro atoms. The Kier molecular flexibility index (Phi) is 10.8. The first-order chi connectivity index (χ1) is 19.0. The number of halogens is 4. The lowest BCUT2D eigenvalue weighted by atomic mass is 9.66. The smallest absolute Gasteiger partial charge is 0.242 e. The number of rotatable bonds is 12. The van der Waals surface area contributed by atoms with Crippen LogP contribution < -0.4 is 10.2 Å². The minimum atomic E-state index is -1.53. The summed E-state index contributed by atoms with van der Waals surface area (Å²) in [6.07, 6.45) is 1.67. The highest BCUT2D eigenvalue weighted by Gasteiger charge is 2.58. The van der Waals surface area contributed by atoms with E-state index in [9.17, 15) is 15.2 Å². The van der Waals surface area contributed by atoms with E-state index in [-0.39, 0.29) is 46.1 Å². The Morgan fingerprint density at radius 1 is 1.23 bits per heavy atom. The lowest BCUT2D eigenvalue weighted by Gasteiger charge is -2.42. The van der Waals surface area contributed by atoms with Gasteiger partial charge in [0.2, 0.25) is 5.91 Å². The molecule has 1 amide bonds. The summed E-state index contributed by atoms with van der Waals surface area (Å²) >= 11 is 12.2. The molecule has 2 aromatic carbocycles. The van der Waals surface area contributed by atoms with Crippen LogP contribution in [0.4, 0.5) is 14.5 Å². The predicted molar refractivity (Wildman–Crippen MR) is 153 cm³/mol. The lowest BCUT2D eigenvalue weighted by Crippen LogP contribution is -2.50. The van der Waals surface area contributed by atoms with E-state index < -0.39 is 47.8 Å². The van der Waals surface area contributed by atoms with E-state index in [0.717, 1.165) is 25.3 Å². The summed E-state index contributed by atoms with van der Waals surface area (Å²) in [5, 5.41) is 32.5. The minimum absolute atomic E-state index is 0.0469. The summed E-state index contributed by atoms with van der Waals surface area (Å²) in [5.74, 6) is -1.91. The third kappa shape index (κ3) is 6.23. The number of carbonyl (C=O) groups is 1. The molecule has 1 aliphatic rings. The molecule has 0 aliphatic carbocycles. The number of carbonyl (C=O) groups excluding carboxylic acids is 1. The summed E-state index contributed by atoms with van der Waals surface area (Å²) < 4.78 is 31.3. The predicted octanol–water partition coefficient (Wildman–Crippen LogP) is 6.15. The van der Waals surface area contributed by atoms with Crippen molar-refractivity contribution in [3.05, 3.63) is 63.6 Å². The maximum absolute atomic E-state index is 15.7. The topological polar surface area (TPSA) is 96.6 Å². The minimum Gasteiger partial charge on any atom is -0.394 e. The zero-order chi connectivity index (χ0) is 29.7. The number of hydrogen-bond acceptors (Lipinski definition) is 5. The molecule has 0 bridgehead atoms. The van der Waals surface area contributed by atoms with Crippen molar-refractivity contribution in [3.63, 3.8) is 0 Å². The van der Waals surface area contributed by atoms with E-state index in [0.29, 0.717) is 6.42 Å². The number of aliphatic hydroxyl groups is 2. The Hall–Kier alpha value is -2.44. The summed E-state index contributed by atoms with van der Waals surface area (Å²) in [4.78, 5) is 15.3. The van der Waals surface area contributed by atoms with E-state index in [4.69, 9.17) is 28.3 Å². The zero-order valence-corrected chi connectivity index (χ0v) is 24.6. The fourth-order valence-electron chi connectivity index (χ4n) is 6.00. The quantitative estimate of drug-likeness (QED) is 0.273. The Bertz CT molecular complexity index is 1230. The number of hydrogen-bond donors (Lipinski definition) is 3. The number of nitriles is 1. The molecule has 4 atom stereocenters. The Morgan fingerprint density at radius 3 is 2.48 bits per heavy atom. The van der Waals surface area contributed by atoms with Crippen LogP contribution in [-0.4, -0.2) is 47.5 Å². The van der Waals surface area contributed by atoms with Gasteiger partial charge in [-0.15, -0.1) is 0 Å². The highest BCUT2D eigenvalue weighted by atomic mass is 35.5. The van der Waals surface area contributed by atoms with Gasteiger partial charge in [-0.1, -0.05) is 75.4 Å². The molecular formula is C30H37Cl2F2N3O3. The second-order valence-corrected chi connectivity index (χ2v) is 11.4. The van der Waals surface area contributed by atoms with Crippen LogP contribution in [0, 0.1) is 28.4 Å². The molecule has 1 heterocycles. The number of amides is 1. The number of nitrogens with zero attached hydrogens (tertiary/aromatic N) is 2. The van der Waals surface area contributed by atoms with Crippen molar-refractivity contribution in [2.24, 2.45) is 5.41 Å². The summed E-state index contributed by atoms with van der Waals surface area (Å²) in [5.41, 5.74) is -1.64. The first-order valence-electron chi connectivity index (χ1n) is 13.7. The van der Waals surface area contributed by atoms with Gasteiger partial charge in [0.15, 0.2) is 5.82 Å². The Morgan fingerprint density at radius 2 is 1.90 bits per heavy atom. The van der Waals surface area contributed by atoms with Gasteiger partial charge in [0, 0.05) is 23.6 Å². The van der Waals surface area contributed by atoms with Crippen LogP contribution in [0.2, 0.25) is 10.0 Å². The molecule has 10 heteroatoms. The molecule has 0 radical (unpaired) electrons. The van der Waals surface area contributed by atoms with E-state index in [2.05, 4.69) is 32.2 Å². The Balaban J connectivity index is 2.26. The van der Waals surface area contributed by atoms with Crippen molar-refractivity contribution in [1.82, 2.24) is 5.32 Å². The fraction of sp³-hybridized carbons (Fsp3) is 0.533. The standard InChI is InChI=1S/C30H37Cl2F2N3O3/c1-4-29(5-2,6-3)16-26-30(18-35,21-11-10-19(31)14-23(21)33)15-25(28(40)36-13-12-20(39)17-38)37(26)24-9-7-8-22(32)27(24)34/h7-11,14,20,25-26,38-39H,4-6,12-13,15-17H2,1-3H3,(H,36,40)/t20-,25?,26?,30?/m0/s1. The SMILES string of the molecule is CCC(CC)(CC)CC1N(c2cccc(Cl)c2F)C(C(=O)NCC[C@H](O)CO)CC1(C#N)c1ccc(Cl)cc1F. The van der Waals surface area contributed by atoms with Gasteiger partial charge in [0.25, 0.3) is 0 Å². The molecule has 2 aromatic rings. The van der Waals surface area contributed by atoms with Crippen LogP contribution in [0.15, 0.2) is 36.4 Å². The molecule has 1 saturated heterocycles. The first-order valence-corrected chi connectivity index (χ1v) is 14.4. The zero-order valence-electron chi connectivity index (χ0n) is 23.1. The highest BCUT2D eigenvalue weighted by molar-refractivity contribution is 6.31. The lowest BCUT2D eigenvalue weighted by molar-refractivity contribution is -0.122. The van der Waals surface area contributed by atoms with Crippen LogP contribution >= 0.6 is 23.2 Å². The first kappa shape index (κ1) is 32.1. The van der Waals surface area contributed by atoms with Gasteiger partial charge in [-0.2, -0.15) is 5.26 Å². The van der Waals surface area contributed by atoms with E-state index in [1.807, 2.05) is 0 Å². The normalized spacial score (nSPS) is 21.8. The van der Waals surface area contributed by atoms with E-state index >= 15 is 8.78 Å². The molecule has 40 heavy (non-hydrogen) atoms. The average molecular weight is 597 g/mol. The van der Waals surface area contributed by atoms with Gasteiger partial charge in [0.05, 0.1) is 35.5 Å². The maximum Gasteiger partial charge on any atom is 0.242 e. The van der Waals surface area contributed by atoms with Gasteiger partial charge in [-0.05, 0) is 42.5 Å². The molecular weight excluding hydrogens is 559 g/mol. The van der Waals surface area contributed by atoms with Crippen molar-refractivity contribution in [1.29, 1.82) is 5.26 Å². The molecule has 3 unspecified atom stereocenters. The van der Waals surface area contributed by atoms with Gasteiger partial charge >= 0.3 is 0 Å². The van der Waals surface area contributed by atoms with Crippen LogP contribution in [0.3, 0.4) is 0 Å². The van der Waals surface area contributed by atoms with Gasteiger partial charge in [-0.25, -0.2) is 8.78 Å². The van der Waals surface area contributed by atoms with Gasteiger partial charge < -0.3 is 20.4 Å². The van der Waals surface area contributed by atoms with Gasteiger partial charge in [0.1, 0.15) is 17.3 Å². The van der Waals surface area contributed by atoms with Crippen molar-refractivity contribution in [2.45, 2.75) is 82.9 Å². The van der Waals surface area contributed by atoms with E-state index in [1.165, 1.54) is 24.3 Å². The van der Waals surface area contributed by atoms with Gasteiger partial charge in [-0.3, -0.25) is 4.79 Å². The van der Waals surface area contributed by atoms with Crippen molar-refractivity contribution >= 4 is 34.8 Å². The second-order valence-electron chi connectivity index (χ2n) is 10.6. The number of aliphatic hydroxyl groups excluding tert-OH is 2. The molecule has 0 aromatic heterocycles. The van der Waals surface area contributed by atoms with Crippen molar-refractivity contribution < 1.29 is 23.8 Å². The van der Waals surface area contributed by atoms with Crippen LogP contribution in [-0.2, 0) is 10.2 Å². The molecule has 3 N–H and O–H groups in total. The fourth-order valence-corrected chi connectivity index (χ4v) is 6.33. The summed E-state index contributed by atoms with van der Waals surface area (Å²) in [7, 11) is 0. The number of anilines is 1. The second kappa shape index (κ2) is 13.5. The Labute approximate surface area is 244 Å². The maximum atomic E-state index is 15.7.